The second-order valence-electron chi connectivity index (χ2n) is 10.7. The molecular formula is C26H39N3OS. The van der Waals surface area contributed by atoms with Crippen LogP contribution in [0.1, 0.15) is 65.7 Å². The summed E-state index contributed by atoms with van der Waals surface area (Å²) in [5.74, 6) is 2.50. The molecule has 1 aromatic rings. The number of carbonyl (C=O) groups excluding carboxylic acids is 1. The lowest BCUT2D eigenvalue weighted by Gasteiger charge is -2.42. The van der Waals surface area contributed by atoms with Crippen molar-refractivity contribution in [3.63, 3.8) is 0 Å². The van der Waals surface area contributed by atoms with E-state index in [1.165, 1.54) is 32.1 Å². The first-order valence-corrected chi connectivity index (χ1v) is 12.6. The van der Waals surface area contributed by atoms with E-state index in [4.69, 9.17) is 12.2 Å². The maximum Gasteiger partial charge on any atom is 0.248 e. The fourth-order valence-corrected chi connectivity index (χ4v) is 7.57. The molecule has 1 N–H and O–H groups in total. The van der Waals surface area contributed by atoms with Gasteiger partial charge in [-0.15, -0.1) is 0 Å². The molecule has 0 radical (unpaired) electrons. The summed E-state index contributed by atoms with van der Waals surface area (Å²) < 4.78 is 0. The Morgan fingerprint density at radius 2 is 1.84 bits per heavy atom. The van der Waals surface area contributed by atoms with Gasteiger partial charge in [-0.3, -0.25) is 9.80 Å². The van der Waals surface area contributed by atoms with Gasteiger partial charge in [0.15, 0.2) is 0 Å². The average Bonchev–Trinajstić information content (AvgIpc) is 3.25. The van der Waals surface area contributed by atoms with E-state index in [0.717, 1.165) is 29.4 Å². The van der Waals surface area contributed by atoms with E-state index in [2.05, 4.69) is 43.2 Å². The summed E-state index contributed by atoms with van der Waals surface area (Å²) in [6.45, 7) is 7.49. The molecular weight excluding hydrogens is 402 g/mol. The van der Waals surface area contributed by atoms with Gasteiger partial charge in [-0.2, -0.15) is 0 Å². The summed E-state index contributed by atoms with van der Waals surface area (Å²) in [5, 5.41) is 1.96. The van der Waals surface area contributed by atoms with Crippen molar-refractivity contribution < 1.29 is 4.79 Å². The minimum absolute atomic E-state index is 0.144. The number of nitrogens with one attached hydrogen (secondary N) is 1. The van der Waals surface area contributed by atoms with Gasteiger partial charge in [-0.1, -0.05) is 70.5 Å². The predicted octanol–water partition coefficient (Wildman–Crippen LogP) is 5.43. The minimum atomic E-state index is 0.144. The molecule has 0 aliphatic heterocycles. The number of thiocarbonyl (C=S) groups is 1. The Kier molecular flexibility index (Phi) is 6.73. The van der Waals surface area contributed by atoms with Crippen LogP contribution in [0.5, 0.6) is 0 Å². The SMILES string of the molecule is CNN(CC(=O)N(c1ccccc1)C1CCCCC1)C(=S)C1C2CC(C1C)C(C)(C)C2. The maximum atomic E-state index is 13.7. The Balaban J connectivity index is 1.50. The Morgan fingerprint density at radius 3 is 2.42 bits per heavy atom. The molecule has 4 nitrogen and oxygen atoms in total. The maximum absolute atomic E-state index is 13.7. The fraction of sp³-hybridized carbons (Fsp3) is 0.692. The molecule has 1 aromatic carbocycles. The number of amides is 1. The summed E-state index contributed by atoms with van der Waals surface area (Å²) >= 11 is 6.02. The van der Waals surface area contributed by atoms with Crippen LogP contribution in [0, 0.1) is 29.1 Å². The molecule has 3 saturated carbocycles. The Bertz CT molecular complexity index is 787. The van der Waals surface area contributed by atoms with Crippen LogP contribution in [-0.2, 0) is 4.79 Å². The molecule has 4 unspecified atom stereocenters. The largest absolute Gasteiger partial charge is 0.308 e. The Morgan fingerprint density at radius 1 is 1.16 bits per heavy atom. The van der Waals surface area contributed by atoms with Crippen LogP contribution in [0.2, 0.25) is 0 Å². The predicted molar refractivity (Wildman–Crippen MR) is 132 cm³/mol. The van der Waals surface area contributed by atoms with Gasteiger partial charge in [0.05, 0.1) is 4.99 Å². The molecule has 4 atom stereocenters. The molecule has 3 fully saturated rings. The molecule has 2 bridgehead atoms. The van der Waals surface area contributed by atoms with Crippen molar-refractivity contribution in [2.75, 3.05) is 18.5 Å². The fourth-order valence-electron chi connectivity index (χ4n) is 7.01. The zero-order valence-electron chi connectivity index (χ0n) is 19.6. The standard InChI is InChI=1S/C26H39N3OS/c1-18-22-15-19(16-26(22,2)3)24(18)25(31)28(27-4)17-23(30)29(20-11-7-5-8-12-20)21-13-9-6-10-14-21/h5,7-8,11-12,18-19,21-22,24,27H,6,9-10,13-17H2,1-4H3. The third-order valence-electron chi connectivity index (χ3n) is 8.42. The zero-order valence-corrected chi connectivity index (χ0v) is 20.5. The van der Waals surface area contributed by atoms with E-state index in [1.54, 1.807) is 0 Å². The monoisotopic (exact) mass is 441 g/mol. The number of nitrogens with zero attached hydrogens (tertiary/aromatic N) is 2. The van der Waals surface area contributed by atoms with E-state index in [1.807, 2.05) is 30.3 Å². The average molecular weight is 442 g/mol. The second kappa shape index (κ2) is 9.19. The van der Waals surface area contributed by atoms with Crippen molar-refractivity contribution in [3.05, 3.63) is 30.3 Å². The number of hydrogen-bond donors (Lipinski definition) is 1. The highest BCUT2D eigenvalue weighted by atomic mass is 32.1. The number of benzene rings is 1. The van der Waals surface area contributed by atoms with Gasteiger partial charge in [-0.05, 0) is 61.0 Å². The second-order valence-corrected chi connectivity index (χ2v) is 11.1. The first-order chi connectivity index (χ1) is 14.8. The lowest BCUT2D eigenvalue weighted by Crippen LogP contribution is -2.53. The molecule has 5 heteroatoms. The summed E-state index contributed by atoms with van der Waals surface area (Å²) in [4.78, 5) is 16.6. The summed E-state index contributed by atoms with van der Waals surface area (Å²) in [6.07, 6.45) is 8.38. The highest BCUT2D eigenvalue weighted by Crippen LogP contribution is 2.61. The van der Waals surface area contributed by atoms with Crippen LogP contribution < -0.4 is 10.3 Å². The highest BCUT2D eigenvalue weighted by molar-refractivity contribution is 7.80. The summed E-state index contributed by atoms with van der Waals surface area (Å²) in [6, 6.07) is 10.5. The van der Waals surface area contributed by atoms with Gasteiger partial charge in [0.1, 0.15) is 6.54 Å². The Labute approximate surface area is 193 Å². The highest BCUT2D eigenvalue weighted by Gasteiger charge is 2.56. The van der Waals surface area contributed by atoms with E-state index in [-0.39, 0.29) is 11.9 Å². The molecule has 170 valence electrons. The molecule has 31 heavy (non-hydrogen) atoms. The zero-order chi connectivity index (χ0) is 22.2. The van der Waals surface area contributed by atoms with Crippen LogP contribution in [-0.4, -0.2) is 35.5 Å². The van der Waals surface area contributed by atoms with Gasteiger partial charge >= 0.3 is 0 Å². The quantitative estimate of drug-likeness (QED) is 0.471. The van der Waals surface area contributed by atoms with Crippen molar-refractivity contribution in [3.8, 4) is 0 Å². The molecule has 3 aliphatic carbocycles. The number of carbonyl (C=O) groups is 1. The Hall–Kier alpha value is -1.46. The van der Waals surface area contributed by atoms with Gasteiger partial charge in [0.2, 0.25) is 5.91 Å². The lowest BCUT2D eigenvalue weighted by atomic mass is 9.67. The van der Waals surface area contributed by atoms with Crippen molar-refractivity contribution in [2.45, 2.75) is 71.8 Å². The first-order valence-electron chi connectivity index (χ1n) is 12.2. The molecule has 3 aliphatic rings. The molecule has 0 spiro atoms. The molecule has 1 amide bonds. The van der Waals surface area contributed by atoms with Crippen LogP contribution in [0.4, 0.5) is 5.69 Å². The van der Waals surface area contributed by atoms with E-state index in [9.17, 15) is 4.79 Å². The smallest absolute Gasteiger partial charge is 0.248 e. The van der Waals surface area contributed by atoms with E-state index in [0.29, 0.717) is 29.7 Å². The van der Waals surface area contributed by atoms with Crippen molar-refractivity contribution >= 4 is 28.8 Å². The number of fused-ring (bicyclic) bond motifs is 2. The molecule has 0 aromatic heterocycles. The van der Waals surface area contributed by atoms with Gasteiger partial charge in [0, 0.05) is 24.7 Å². The van der Waals surface area contributed by atoms with Crippen LogP contribution in [0.15, 0.2) is 30.3 Å². The third kappa shape index (κ3) is 4.41. The summed E-state index contributed by atoms with van der Waals surface area (Å²) in [7, 11) is 1.90. The van der Waals surface area contributed by atoms with Crippen molar-refractivity contribution in [2.24, 2.45) is 29.1 Å². The number of rotatable bonds is 6. The molecule has 0 heterocycles. The van der Waals surface area contributed by atoms with Crippen LogP contribution in [0.3, 0.4) is 0 Å². The third-order valence-corrected chi connectivity index (χ3v) is 8.91. The van der Waals surface area contributed by atoms with E-state index >= 15 is 0 Å². The van der Waals surface area contributed by atoms with Gasteiger partial charge < -0.3 is 4.90 Å². The number of anilines is 1. The van der Waals surface area contributed by atoms with Gasteiger partial charge in [-0.25, -0.2) is 5.43 Å². The van der Waals surface area contributed by atoms with Crippen LogP contribution >= 0.6 is 12.2 Å². The number of hydrazine groups is 1. The van der Waals surface area contributed by atoms with Gasteiger partial charge in [0.25, 0.3) is 0 Å². The minimum Gasteiger partial charge on any atom is -0.308 e. The molecule has 4 rings (SSSR count). The van der Waals surface area contributed by atoms with Crippen molar-refractivity contribution in [1.29, 1.82) is 0 Å². The number of para-hydroxylation sites is 1. The summed E-state index contributed by atoms with van der Waals surface area (Å²) in [5.41, 5.74) is 4.69. The topological polar surface area (TPSA) is 35.6 Å². The van der Waals surface area contributed by atoms with Crippen molar-refractivity contribution in [1.82, 2.24) is 10.4 Å². The lowest BCUT2D eigenvalue weighted by molar-refractivity contribution is -0.120. The number of hydrogen-bond acceptors (Lipinski definition) is 3. The van der Waals surface area contributed by atoms with E-state index < -0.39 is 0 Å². The first kappa shape index (κ1) is 22.7. The molecule has 0 saturated heterocycles. The normalized spacial score (nSPS) is 29.7. The van der Waals surface area contributed by atoms with Crippen LogP contribution in [0.25, 0.3) is 0 Å².